The van der Waals surface area contributed by atoms with E-state index >= 15 is 0 Å². The Morgan fingerprint density at radius 3 is 2.46 bits per heavy atom. The summed E-state index contributed by atoms with van der Waals surface area (Å²) in [5, 5.41) is 5.20. The van der Waals surface area contributed by atoms with Crippen molar-refractivity contribution in [3.05, 3.63) is 88.7 Å². The summed E-state index contributed by atoms with van der Waals surface area (Å²) in [5.74, 6) is -1.19. The number of esters is 1. The lowest BCUT2D eigenvalue weighted by Gasteiger charge is -2.10. The molecule has 1 heterocycles. The first-order valence-electron chi connectivity index (χ1n) is 8.68. The Morgan fingerprint density at radius 2 is 1.61 bits per heavy atom. The van der Waals surface area contributed by atoms with E-state index in [1.54, 1.807) is 30.3 Å². The minimum atomic E-state index is -0.727. The first-order chi connectivity index (χ1) is 13.6. The van der Waals surface area contributed by atoms with E-state index in [4.69, 9.17) is 4.74 Å². The molecule has 0 fully saturated rings. The Morgan fingerprint density at radius 1 is 0.893 bits per heavy atom. The lowest BCUT2D eigenvalue weighted by Crippen LogP contribution is -2.22. The quantitative estimate of drug-likeness (QED) is 0.537. The summed E-state index contributed by atoms with van der Waals surface area (Å²) in [4.78, 5) is 39.1. The van der Waals surface area contributed by atoms with Crippen molar-refractivity contribution in [3.63, 3.8) is 0 Å². The topological polar surface area (TPSA) is 88.3 Å². The Bertz CT molecular complexity index is 1250. The minimum absolute atomic E-state index is 0.123. The fourth-order valence-corrected chi connectivity index (χ4v) is 3.10. The van der Waals surface area contributed by atoms with Crippen LogP contribution in [0.25, 0.3) is 21.7 Å². The van der Waals surface area contributed by atoms with Crippen molar-refractivity contribution in [2.24, 2.45) is 0 Å². The van der Waals surface area contributed by atoms with Crippen molar-refractivity contribution >= 4 is 39.2 Å². The molecule has 0 radical (unpaired) electrons. The molecule has 138 valence electrons. The number of benzene rings is 3. The van der Waals surface area contributed by atoms with Gasteiger partial charge in [-0.2, -0.15) is 0 Å². The average molecular weight is 372 g/mol. The summed E-state index contributed by atoms with van der Waals surface area (Å²) >= 11 is 0. The Kier molecular flexibility index (Phi) is 4.60. The van der Waals surface area contributed by atoms with Gasteiger partial charge in [-0.05, 0) is 17.5 Å². The van der Waals surface area contributed by atoms with Crippen LogP contribution in [0.2, 0.25) is 0 Å². The minimum Gasteiger partial charge on any atom is -0.452 e. The molecule has 0 atom stereocenters. The van der Waals surface area contributed by atoms with Gasteiger partial charge >= 0.3 is 5.97 Å². The van der Waals surface area contributed by atoms with Crippen LogP contribution in [0.3, 0.4) is 0 Å². The second-order valence-corrected chi connectivity index (χ2v) is 6.24. The first kappa shape index (κ1) is 17.5. The molecule has 4 aromatic rings. The summed E-state index contributed by atoms with van der Waals surface area (Å²) in [5.41, 5.74) is 0.881. The van der Waals surface area contributed by atoms with Gasteiger partial charge < -0.3 is 15.0 Å². The normalized spacial score (nSPS) is 10.7. The summed E-state index contributed by atoms with van der Waals surface area (Å²) < 4.78 is 5.13. The third-order valence-electron chi connectivity index (χ3n) is 4.37. The van der Waals surface area contributed by atoms with Crippen molar-refractivity contribution in [1.29, 1.82) is 0 Å². The van der Waals surface area contributed by atoms with Crippen molar-refractivity contribution in [2.75, 3.05) is 11.9 Å². The van der Waals surface area contributed by atoms with Crippen LogP contribution >= 0.6 is 0 Å². The van der Waals surface area contributed by atoms with Gasteiger partial charge in [-0.15, -0.1) is 0 Å². The van der Waals surface area contributed by atoms with E-state index in [2.05, 4.69) is 10.3 Å². The number of para-hydroxylation sites is 1. The fraction of sp³-hybridized carbons (Fsp3) is 0.0455. The molecule has 1 aromatic heterocycles. The highest BCUT2D eigenvalue weighted by molar-refractivity contribution is 6.05. The number of aromatic amines is 1. The van der Waals surface area contributed by atoms with Gasteiger partial charge in [0.05, 0.1) is 5.56 Å². The van der Waals surface area contributed by atoms with Gasteiger partial charge in [-0.3, -0.25) is 9.59 Å². The number of anilines is 1. The molecule has 0 aliphatic rings. The highest BCUT2D eigenvalue weighted by atomic mass is 16.5. The third-order valence-corrected chi connectivity index (χ3v) is 4.37. The SMILES string of the molecule is O=C(COC(=O)c1cc(=O)[nH]c2ccccc12)Nc1cccc2ccccc12. The molecule has 2 N–H and O–H groups in total. The van der Waals surface area contributed by atoms with E-state index in [1.807, 2.05) is 36.4 Å². The van der Waals surface area contributed by atoms with Crippen LogP contribution in [0.4, 0.5) is 5.69 Å². The van der Waals surface area contributed by atoms with E-state index in [0.29, 0.717) is 16.6 Å². The monoisotopic (exact) mass is 372 g/mol. The van der Waals surface area contributed by atoms with Gasteiger partial charge in [-0.25, -0.2) is 4.79 Å². The molecule has 6 nitrogen and oxygen atoms in total. The Balaban J connectivity index is 1.49. The molecule has 0 aliphatic carbocycles. The van der Waals surface area contributed by atoms with Crippen LogP contribution in [0.1, 0.15) is 10.4 Å². The van der Waals surface area contributed by atoms with Gasteiger partial charge in [0.15, 0.2) is 6.61 Å². The number of fused-ring (bicyclic) bond motifs is 2. The number of aromatic nitrogens is 1. The lowest BCUT2D eigenvalue weighted by atomic mass is 10.1. The number of nitrogens with one attached hydrogen (secondary N) is 2. The molecule has 0 unspecified atom stereocenters. The molecule has 0 saturated heterocycles. The molecule has 28 heavy (non-hydrogen) atoms. The van der Waals surface area contributed by atoms with Crippen LogP contribution in [0.5, 0.6) is 0 Å². The van der Waals surface area contributed by atoms with Crippen LogP contribution in [-0.2, 0) is 9.53 Å². The summed E-state index contributed by atoms with van der Waals surface area (Å²) in [6.45, 7) is -0.455. The maximum Gasteiger partial charge on any atom is 0.339 e. The smallest absolute Gasteiger partial charge is 0.339 e. The molecule has 0 bridgehead atoms. The van der Waals surface area contributed by atoms with E-state index in [1.165, 1.54) is 6.07 Å². The summed E-state index contributed by atoms with van der Waals surface area (Å²) in [6, 6.07) is 21.3. The van der Waals surface area contributed by atoms with Gasteiger partial charge in [0, 0.05) is 28.0 Å². The zero-order valence-electron chi connectivity index (χ0n) is 14.8. The fourth-order valence-electron chi connectivity index (χ4n) is 3.10. The highest BCUT2D eigenvalue weighted by Gasteiger charge is 2.15. The Hall–Kier alpha value is -3.93. The number of carbonyl (C=O) groups excluding carboxylic acids is 2. The number of H-pyrrole nitrogens is 1. The average Bonchev–Trinajstić information content (AvgIpc) is 2.71. The largest absolute Gasteiger partial charge is 0.452 e. The third kappa shape index (κ3) is 3.48. The van der Waals surface area contributed by atoms with Crippen LogP contribution in [0, 0.1) is 0 Å². The van der Waals surface area contributed by atoms with E-state index in [0.717, 1.165) is 10.8 Å². The van der Waals surface area contributed by atoms with Crippen molar-refractivity contribution in [2.45, 2.75) is 0 Å². The molecule has 4 rings (SSSR count). The van der Waals surface area contributed by atoms with Gasteiger partial charge in [0.2, 0.25) is 5.56 Å². The molecule has 1 amide bonds. The first-order valence-corrected chi connectivity index (χ1v) is 8.68. The number of carbonyl (C=O) groups is 2. The maximum atomic E-state index is 12.4. The number of pyridine rings is 1. The molecular weight excluding hydrogens is 356 g/mol. The van der Waals surface area contributed by atoms with Crippen LogP contribution < -0.4 is 10.9 Å². The zero-order chi connectivity index (χ0) is 19.5. The number of ether oxygens (including phenoxy) is 1. The molecule has 6 heteroatoms. The summed E-state index contributed by atoms with van der Waals surface area (Å²) in [6.07, 6.45) is 0. The Labute approximate surface area is 159 Å². The molecule has 0 spiro atoms. The number of rotatable bonds is 4. The number of hydrogen-bond acceptors (Lipinski definition) is 4. The predicted molar refractivity (Wildman–Crippen MR) is 107 cm³/mol. The second-order valence-electron chi connectivity index (χ2n) is 6.24. The van der Waals surface area contributed by atoms with Crippen molar-refractivity contribution < 1.29 is 14.3 Å². The summed E-state index contributed by atoms with van der Waals surface area (Å²) in [7, 11) is 0. The number of amides is 1. The van der Waals surface area contributed by atoms with Gasteiger partial charge in [0.1, 0.15) is 0 Å². The highest BCUT2D eigenvalue weighted by Crippen LogP contribution is 2.23. The van der Waals surface area contributed by atoms with E-state index < -0.39 is 24.0 Å². The van der Waals surface area contributed by atoms with Crippen LogP contribution in [-0.4, -0.2) is 23.5 Å². The zero-order valence-corrected chi connectivity index (χ0v) is 14.8. The number of hydrogen-bond donors (Lipinski definition) is 2. The van der Waals surface area contributed by atoms with Crippen molar-refractivity contribution in [1.82, 2.24) is 4.98 Å². The van der Waals surface area contributed by atoms with Gasteiger partial charge in [-0.1, -0.05) is 54.6 Å². The second kappa shape index (κ2) is 7.36. The van der Waals surface area contributed by atoms with Crippen LogP contribution in [0.15, 0.2) is 77.6 Å². The van der Waals surface area contributed by atoms with Crippen molar-refractivity contribution in [3.8, 4) is 0 Å². The van der Waals surface area contributed by atoms with E-state index in [9.17, 15) is 14.4 Å². The lowest BCUT2D eigenvalue weighted by molar-refractivity contribution is -0.119. The molecule has 0 saturated carbocycles. The predicted octanol–water partition coefficient (Wildman–Crippen LogP) is 3.48. The van der Waals surface area contributed by atoms with E-state index in [-0.39, 0.29) is 5.56 Å². The maximum absolute atomic E-state index is 12.4. The standard InChI is InChI=1S/C22H16N2O4/c25-20-12-17(16-9-3-4-10-19(16)23-20)22(27)28-13-21(26)24-18-11-5-7-14-6-1-2-8-15(14)18/h1-12H,13H2,(H,23,25)(H,24,26). The molecule has 3 aromatic carbocycles. The molecule has 0 aliphatic heterocycles. The van der Waals surface area contributed by atoms with Gasteiger partial charge in [0.25, 0.3) is 5.91 Å². The molecular formula is C22H16N2O4.